The predicted octanol–water partition coefficient (Wildman–Crippen LogP) is 1.49. The Hall–Kier alpha value is -1.83. The fourth-order valence-corrected chi connectivity index (χ4v) is 2.54. The van der Waals surface area contributed by atoms with E-state index in [1.54, 1.807) is 7.05 Å². The Morgan fingerprint density at radius 2 is 2.10 bits per heavy atom. The lowest BCUT2D eigenvalue weighted by molar-refractivity contribution is 0.763. The van der Waals surface area contributed by atoms with E-state index in [4.69, 9.17) is 0 Å². The van der Waals surface area contributed by atoms with Gasteiger partial charge in [0.2, 0.25) is 0 Å². The third-order valence-corrected chi connectivity index (χ3v) is 3.92. The SMILES string of the molecule is CCCNc1nc(C)nc(Sc2n[nH]c(=O)n2C)c1C. The van der Waals surface area contributed by atoms with Gasteiger partial charge in [-0.05, 0) is 32.0 Å². The van der Waals surface area contributed by atoms with Gasteiger partial charge in [-0.1, -0.05) is 6.92 Å². The normalized spacial score (nSPS) is 10.8. The maximum Gasteiger partial charge on any atom is 0.343 e. The van der Waals surface area contributed by atoms with Crippen LogP contribution < -0.4 is 11.0 Å². The molecule has 0 fully saturated rings. The van der Waals surface area contributed by atoms with Crippen molar-refractivity contribution in [3.8, 4) is 0 Å². The number of nitrogens with zero attached hydrogens (tertiary/aromatic N) is 4. The minimum absolute atomic E-state index is 0.236. The van der Waals surface area contributed by atoms with E-state index in [1.807, 2.05) is 13.8 Å². The van der Waals surface area contributed by atoms with Crippen molar-refractivity contribution in [2.45, 2.75) is 37.4 Å². The van der Waals surface area contributed by atoms with Crippen LogP contribution in [0.3, 0.4) is 0 Å². The second-order valence-corrected chi connectivity index (χ2v) is 5.40. The molecule has 0 aliphatic heterocycles. The van der Waals surface area contributed by atoms with Gasteiger partial charge in [0, 0.05) is 19.2 Å². The first-order chi connectivity index (χ1) is 9.52. The van der Waals surface area contributed by atoms with Crippen LogP contribution in [0, 0.1) is 13.8 Å². The van der Waals surface area contributed by atoms with E-state index >= 15 is 0 Å². The maximum absolute atomic E-state index is 11.4. The Kier molecular flexibility index (Phi) is 4.43. The number of hydrogen-bond donors (Lipinski definition) is 2. The summed E-state index contributed by atoms with van der Waals surface area (Å²) in [7, 11) is 1.67. The average Bonchev–Trinajstić information content (AvgIpc) is 2.73. The number of rotatable bonds is 5. The van der Waals surface area contributed by atoms with Crippen molar-refractivity contribution in [2.75, 3.05) is 11.9 Å². The van der Waals surface area contributed by atoms with Crippen LogP contribution in [0.1, 0.15) is 24.7 Å². The molecule has 0 radical (unpaired) electrons. The average molecular weight is 294 g/mol. The molecule has 0 amide bonds. The van der Waals surface area contributed by atoms with Gasteiger partial charge in [-0.25, -0.2) is 19.9 Å². The minimum atomic E-state index is -0.236. The summed E-state index contributed by atoms with van der Waals surface area (Å²) in [6.07, 6.45) is 1.03. The second kappa shape index (κ2) is 6.08. The van der Waals surface area contributed by atoms with Gasteiger partial charge >= 0.3 is 5.69 Å². The van der Waals surface area contributed by atoms with Crippen molar-refractivity contribution in [3.63, 3.8) is 0 Å². The minimum Gasteiger partial charge on any atom is -0.370 e. The molecule has 108 valence electrons. The fraction of sp³-hybridized carbons (Fsp3) is 0.500. The molecule has 7 nitrogen and oxygen atoms in total. The van der Waals surface area contributed by atoms with E-state index in [2.05, 4.69) is 32.4 Å². The standard InChI is InChI=1S/C12H18N6OS/c1-5-6-13-9-7(2)10(15-8(3)14-9)20-12-17-16-11(19)18(12)4/h5-6H2,1-4H3,(H,16,19)(H,13,14,15). The molecule has 2 heterocycles. The van der Waals surface area contributed by atoms with Crippen LogP contribution in [0.2, 0.25) is 0 Å². The second-order valence-electron chi connectivity index (χ2n) is 4.45. The lowest BCUT2D eigenvalue weighted by Gasteiger charge is -2.11. The molecule has 20 heavy (non-hydrogen) atoms. The molecule has 2 aromatic heterocycles. The van der Waals surface area contributed by atoms with E-state index in [1.165, 1.54) is 16.3 Å². The van der Waals surface area contributed by atoms with Crippen LogP contribution in [0.15, 0.2) is 15.0 Å². The van der Waals surface area contributed by atoms with Crippen molar-refractivity contribution in [1.29, 1.82) is 0 Å². The molecular weight excluding hydrogens is 276 g/mol. The van der Waals surface area contributed by atoms with Crippen LogP contribution in [0.25, 0.3) is 0 Å². The summed E-state index contributed by atoms with van der Waals surface area (Å²) in [6.45, 7) is 6.78. The third kappa shape index (κ3) is 3.01. The number of aromatic nitrogens is 5. The predicted molar refractivity (Wildman–Crippen MR) is 78.2 cm³/mol. The lowest BCUT2D eigenvalue weighted by Crippen LogP contribution is -2.13. The molecule has 0 aliphatic carbocycles. The lowest BCUT2D eigenvalue weighted by atomic mass is 10.3. The molecule has 0 spiro atoms. The Labute approximate surface area is 121 Å². The van der Waals surface area contributed by atoms with Crippen molar-refractivity contribution < 1.29 is 0 Å². The van der Waals surface area contributed by atoms with Crippen molar-refractivity contribution in [3.05, 3.63) is 21.9 Å². The summed E-state index contributed by atoms with van der Waals surface area (Å²) in [5.74, 6) is 1.53. The van der Waals surface area contributed by atoms with E-state index < -0.39 is 0 Å². The molecule has 2 aromatic rings. The zero-order valence-corrected chi connectivity index (χ0v) is 12.8. The van der Waals surface area contributed by atoms with Crippen LogP contribution in [0.4, 0.5) is 5.82 Å². The smallest absolute Gasteiger partial charge is 0.343 e. The van der Waals surface area contributed by atoms with E-state index in [-0.39, 0.29) is 5.69 Å². The summed E-state index contributed by atoms with van der Waals surface area (Å²) in [4.78, 5) is 20.2. The van der Waals surface area contributed by atoms with E-state index in [9.17, 15) is 4.79 Å². The zero-order chi connectivity index (χ0) is 14.7. The molecule has 2 rings (SSSR count). The van der Waals surface area contributed by atoms with Gasteiger partial charge in [0.1, 0.15) is 16.7 Å². The molecule has 0 unspecified atom stereocenters. The number of hydrogen-bond acceptors (Lipinski definition) is 6. The number of nitrogens with one attached hydrogen (secondary N) is 2. The summed E-state index contributed by atoms with van der Waals surface area (Å²) < 4.78 is 1.46. The highest BCUT2D eigenvalue weighted by Gasteiger charge is 2.13. The van der Waals surface area contributed by atoms with Crippen molar-refractivity contribution >= 4 is 17.6 Å². The molecule has 0 saturated carbocycles. The summed E-state index contributed by atoms with van der Waals surface area (Å²) in [6, 6.07) is 0. The monoisotopic (exact) mass is 294 g/mol. The molecular formula is C12H18N6OS. The van der Waals surface area contributed by atoms with Crippen LogP contribution >= 0.6 is 11.8 Å². The van der Waals surface area contributed by atoms with Gasteiger partial charge in [-0.15, -0.1) is 5.10 Å². The largest absolute Gasteiger partial charge is 0.370 e. The van der Waals surface area contributed by atoms with Crippen LogP contribution in [0.5, 0.6) is 0 Å². The highest BCUT2D eigenvalue weighted by atomic mass is 32.2. The molecule has 2 N–H and O–H groups in total. The first-order valence-electron chi connectivity index (χ1n) is 6.41. The molecule has 8 heteroatoms. The Morgan fingerprint density at radius 1 is 1.35 bits per heavy atom. The molecule has 0 aromatic carbocycles. The van der Waals surface area contributed by atoms with Gasteiger partial charge in [0.15, 0.2) is 5.16 Å². The van der Waals surface area contributed by atoms with Gasteiger partial charge < -0.3 is 5.32 Å². The highest BCUT2D eigenvalue weighted by Crippen LogP contribution is 2.29. The first-order valence-corrected chi connectivity index (χ1v) is 7.23. The van der Waals surface area contributed by atoms with Gasteiger partial charge in [-0.3, -0.25) is 4.57 Å². The topological polar surface area (TPSA) is 88.5 Å². The molecule has 0 atom stereocenters. The van der Waals surface area contributed by atoms with Gasteiger partial charge in [0.05, 0.1) is 0 Å². The number of anilines is 1. The zero-order valence-electron chi connectivity index (χ0n) is 12.0. The van der Waals surface area contributed by atoms with Crippen LogP contribution in [-0.4, -0.2) is 31.3 Å². The molecule has 0 aliphatic rings. The molecule has 0 bridgehead atoms. The Balaban J connectivity index is 2.34. The van der Waals surface area contributed by atoms with Crippen molar-refractivity contribution in [2.24, 2.45) is 7.05 Å². The van der Waals surface area contributed by atoms with Gasteiger partial charge in [0.25, 0.3) is 0 Å². The fourth-order valence-electron chi connectivity index (χ4n) is 1.63. The van der Waals surface area contributed by atoms with Crippen LogP contribution in [-0.2, 0) is 7.05 Å². The molecule has 0 saturated heterocycles. The summed E-state index contributed by atoms with van der Waals surface area (Å²) in [5, 5.41) is 11.1. The maximum atomic E-state index is 11.4. The highest BCUT2D eigenvalue weighted by molar-refractivity contribution is 7.99. The number of aryl methyl sites for hydroxylation is 1. The van der Waals surface area contributed by atoms with Gasteiger partial charge in [-0.2, -0.15) is 0 Å². The Bertz CT molecular complexity index is 662. The third-order valence-electron chi connectivity index (χ3n) is 2.78. The Morgan fingerprint density at radius 3 is 2.70 bits per heavy atom. The first kappa shape index (κ1) is 14.6. The number of aromatic amines is 1. The summed E-state index contributed by atoms with van der Waals surface area (Å²) in [5.41, 5.74) is 0.727. The van der Waals surface area contributed by atoms with E-state index in [0.29, 0.717) is 11.0 Å². The quantitative estimate of drug-likeness (QED) is 0.812. The number of H-pyrrole nitrogens is 1. The van der Waals surface area contributed by atoms with Crippen molar-refractivity contribution in [1.82, 2.24) is 24.7 Å². The summed E-state index contributed by atoms with van der Waals surface area (Å²) >= 11 is 1.35. The van der Waals surface area contributed by atoms with E-state index in [0.717, 1.165) is 29.4 Å².